The van der Waals surface area contributed by atoms with E-state index in [1.165, 1.54) is 43.1 Å². The Morgan fingerprint density at radius 2 is 1.75 bits per heavy atom. The molecule has 0 aliphatic carbocycles. The van der Waals surface area contributed by atoms with Gasteiger partial charge in [-0.15, -0.1) is 0 Å². The Labute approximate surface area is 158 Å². The van der Waals surface area contributed by atoms with Crippen molar-refractivity contribution in [2.45, 2.75) is 0 Å². The fourth-order valence-corrected chi connectivity index (χ4v) is 2.65. The third-order valence-electron chi connectivity index (χ3n) is 4.04. The molecule has 6 nitrogen and oxygen atoms in total. The number of nitrogens with two attached hydrogens (primary N) is 1. The molecule has 0 saturated carbocycles. The summed E-state index contributed by atoms with van der Waals surface area (Å²) in [5.74, 6) is -2.42. The molecule has 2 N–H and O–H groups in total. The number of ether oxygens (including phenoxy) is 2. The molecule has 1 aromatic heterocycles. The van der Waals surface area contributed by atoms with Gasteiger partial charge in [-0.25, -0.2) is 13.6 Å². The zero-order valence-corrected chi connectivity index (χ0v) is 15.0. The Balaban J connectivity index is 2.20. The lowest BCUT2D eigenvalue weighted by Gasteiger charge is -2.15. The predicted octanol–water partition coefficient (Wildman–Crippen LogP) is 3.49. The molecule has 28 heavy (non-hydrogen) atoms. The average molecular weight is 386 g/mol. The molecular formula is C20H16F2N2O4. The second kappa shape index (κ2) is 7.51. The zero-order chi connectivity index (χ0) is 20.4. The molecule has 144 valence electrons. The van der Waals surface area contributed by atoms with Crippen molar-refractivity contribution >= 4 is 11.7 Å². The van der Waals surface area contributed by atoms with Crippen LogP contribution in [0.3, 0.4) is 0 Å². The van der Waals surface area contributed by atoms with E-state index in [2.05, 4.69) is 0 Å². The van der Waals surface area contributed by atoms with E-state index in [0.29, 0.717) is 22.9 Å². The molecule has 8 heteroatoms. The predicted molar refractivity (Wildman–Crippen MR) is 99.3 cm³/mol. The van der Waals surface area contributed by atoms with Gasteiger partial charge in [-0.2, -0.15) is 0 Å². The molecule has 2 aromatic carbocycles. The minimum Gasteiger partial charge on any atom is -0.465 e. The van der Waals surface area contributed by atoms with Crippen LogP contribution >= 0.6 is 0 Å². The summed E-state index contributed by atoms with van der Waals surface area (Å²) in [6.07, 6.45) is 1.43. The maximum atomic E-state index is 14.0. The van der Waals surface area contributed by atoms with Crippen LogP contribution in [-0.4, -0.2) is 17.6 Å². The number of halogens is 2. The number of nitrogens with zero attached hydrogens (tertiary/aromatic N) is 1. The molecule has 3 aromatic rings. The summed E-state index contributed by atoms with van der Waals surface area (Å²) < 4.78 is 38.8. The minimum absolute atomic E-state index is 0.000582. The average Bonchev–Trinajstić information content (AvgIpc) is 2.66. The number of esters is 1. The van der Waals surface area contributed by atoms with Gasteiger partial charge in [0.1, 0.15) is 11.6 Å². The van der Waals surface area contributed by atoms with Gasteiger partial charge in [0.15, 0.2) is 11.6 Å². The van der Waals surface area contributed by atoms with Crippen LogP contribution in [0.2, 0.25) is 0 Å². The minimum atomic E-state index is -0.892. The van der Waals surface area contributed by atoms with E-state index >= 15 is 0 Å². The number of nitrogen functional groups attached to an aromatic ring is 1. The molecule has 0 saturated heterocycles. The van der Waals surface area contributed by atoms with E-state index in [0.717, 1.165) is 18.2 Å². The number of pyridine rings is 1. The second-order valence-electron chi connectivity index (χ2n) is 5.97. The van der Waals surface area contributed by atoms with E-state index in [9.17, 15) is 18.4 Å². The van der Waals surface area contributed by atoms with Gasteiger partial charge in [-0.3, -0.25) is 4.79 Å². The number of benzene rings is 2. The van der Waals surface area contributed by atoms with Crippen molar-refractivity contribution in [2.24, 2.45) is 7.05 Å². The second-order valence-corrected chi connectivity index (χ2v) is 5.97. The smallest absolute Gasteiger partial charge is 0.338 e. The zero-order valence-electron chi connectivity index (χ0n) is 15.0. The lowest BCUT2D eigenvalue weighted by molar-refractivity contribution is 0.0601. The molecule has 0 bridgehead atoms. The van der Waals surface area contributed by atoms with Gasteiger partial charge in [0, 0.05) is 42.2 Å². The first-order chi connectivity index (χ1) is 13.3. The summed E-state index contributed by atoms with van der Waals surface area (Å²) in [4.78, 5) is 24.2. The van der Waals surface area contributed by atoms with E-state index < -0.39 is 23.2 Å². The summed E-state index contributed by atoms with van der Waals surface area (Å²) in [6, 6.07) is 8.56. The molecule has 3 rings (SSSR count). The largest absolute Gasteiger partial charge is 0.465 e. The molecular weight excluding hydrogens is 370 g/mol. The molecule has 1 heterocycles. The van der Waals surface area contributed by atoms with E-state index in [4.69, 9.17) is 15.2 Å². The quantitative estimate of drug-likeness (QED) is 0.548. The number of carbonyl (C=O) groups is 1. The van der Waals surface area contributed by atoms with Gasteiger partial charge in [-0.1, -0.05) is 0 Å². The Morgan fingerprint density at radius 1 is 1.04 bits per heavy atom. The van der Waals surface area contributed by atoms with Gasteiger partial charge in [0.05, 0.1) is 12.7 Å². The van der Waals surface area contributed by atoms with Crippen LogP contribution in [0.1, 0.15) is 10.4 Å². The molecule has 0 aliphatic rings. The topological polar surface area (TPSA) is 83.6 Å². The highest BCUT2D eigenvalue weighted by atomic mass is 19.1. The number of carbonyl (C=O) groups excluding carboxylic acids is 1. The van der Waals surface area contributed by atoms with Gasteiger partial charge < -0.3 is 19.8 Å². The number of aromatic nitrogens is 1. The van der Waals surface area contributed by atoms with Crippen LogP contribution in [0.15, 0.2) is 53.5 Å². The summed E-state index contributed by atoms with van der Waals surface area (Å²) >= 11 is 0. The van der Waals surface area contributed by atoms with Crippen molar-refractivity contribution in [3.63, 3.8) is 0 Å². The summed E-state index contributed by atoms with van der Waals surface area (Å²) in [5, 5.41) is 0. The van der Waals surface area contributed by atoms with Crippen LogP contribution < -0.4 is 16.0 Å². The van der Waals surface area contributed by atoms with Crippen molar-refractivity contribution in [3.05, 3.63) is 76.2 Å². The maximum Gasteiger partial charge on any atom is 0.338 e. The van der Waals surface area contributed by atoms with Crippen LogP contribution in [0, 0.1) is 11.6 Å². The Hall–Kier alpha value is -3.68. The van der Waals surface area contributed by atoms with Crippen LogP contribution in [0.5, 0.6) is 11.5 Å². The number of methoxy groups -OCH3 is 1. The highest BCUT2D eigenvalue weighted by molar-refractivity contribution is 5.98. The van der Waals surface area contributed by atoms with Crippen LogP contribution in [-0.2, 0) is 11.8 Å². The van der Waals surface area contributed by atoms with Gasteiger partial charge in [0.2, 0.25) is 0 Å². The lowest BCUT2D eigenvalue weighted by Crippen LogP contribution is -2.19. The molecule has 0 atom stereocenters. The first kappa shape index (κ1) is 19.1. The van der Waals surface area contributed by atoms with Crippen molar-refractivity contribution in [1.82, 2.24) is 4.57 Å². The molecule has 0 spiro atoms. The van der Waals surface area contributed by atoms with Gasteiger partial charge >= 0.3 is 5.97 Å². The molecule has 0 fully saturated rings. The summed E-state index contributed by atoms with van der Waals surface area (Å²) in [5.41, 5.74) is 6.45. The van der Waals surface area contributed by atoms with E-state index in [1.807, 2.05) is 0 Å². The van der Waals surface area contributed by atoms with Crippen LogP contribution in [0.4, 0.5) is 14.5 Å². The fraction of sp³-hybridized carbons (Fsp3) is 0.100. The monoisotopic (exact) mass is 386 g/mol. The Morgan fingerprint density at radius 3 is 2.43 bits per heavy atom. The SMILES string of the molecule is COC(=O)c1cc(=O)n(C)cc1-c1cc(N)ccc1Oc1ccc(F)cc1F. The fourth-order valence-electron chi connectivity index (χ4n) is 2.65. The number of anilines is 1. The van der Waals surface area contributed by atoms with Crippen molar-refractivity contribution < 1.29 is 23.0 Å². The summed E-state index contributed by atoms with van der Waals surface area (Å²) in [7, 11) is 2.70. The molecule has 0 unspecified atom stereocenters. The number of hydrogen-bond acceptors (Lipinski definition) is 5. The molecule has 0 amide bonds. The number of rotatable bonds is 4. The maximum absolute atomic E-state index is 14.0. The third kappa shape index (κ3) is 3.71. The van der Waals surface area contributed by atoms with Gasteiger partial charge in [0.25, 0.3) is 5.56 Å². The highest BCUT2D eigenvalue weighted by Crippen LogP contribution is 2.37. The normalized spacial score (nSPS) is 10.6. The van der Waals surface area contributed by atoms with Crippen LogP contribution in [0.25, 0.3) is 11.1 Å². The number of aryl methyl sites for hydroxylation is 1. The Bertz CT molecular complexity index is 1130. The third-order valence-corrected chi connectivity index (χ3v) is 4.04. The first-order valence-electron chi connectivity index (χ1n) is 8.12. The van der Waals surface area contributed by atoms with Gasteiger partial charge in [-0.05, 0) is 30.3 Å². The summed E-state index contributed by atoms with van der Waals surface area (Å²) in [6.45, 7) is 0. The first-order valence-corrected chi connectivity index (χ1v) is 8.12. The van der Waals surface area contributed by atoms with Crippen molar-refractivity contribution in [2.75, 3.05) is 12.8 Å². The molecule has 0 aliphatic heterocycles. The standard InChI is InChI=1S/C20H16F2N2O4/c1-24-10-15(14(9-19(24)25)20(26)27-2)13-8-12(23)4-6-17(13)28-18-5-3-11(21)7-16(18)22/h3-10H,23H2,1-2H3. The molecule has 0 radical (unpaired) electrons. The number of hydrogen-bond donors (Lipinski definition) is 1. The lowest BCUT2D eigenvalue weighted by atomic mass is 10.00. The van der Waals surface area contributed by atoms with Crippen molar-refractivity contribution in [1.29, 1.82) is 0 Å². The van der Waals surface area contributed by atoms with Crippen molar-refractivity contribution in [3.8, 4) is 22.6 Å². The van der Waals surface area contributed by atoms with E-state index in [-0.39, 0.29) is 17.1 Å². The van der Waals surface area contributed by atoms with E-state index in [1.54, 1.807) is 0 Å². The Kier molecular flexibility index (Phi) is 5.12. The highest BCUT2D eigenvalue weighted by Gasteiger charge is 2.20.